The van der Waals surface area contributed by atoms with Crippen LogP contribution in [0.1, 0.15) is 18.4 Å². The first kappa shape index (κ1) is 19.4. The molecule has 1 aromatic heterocycles. The zero-order chi connectivity index (χ0) is 18.2. The van der Waals surface area contributed by atoms with Crippen molar-refractivity contribution < 1.29 is 8.42 Å². The molecule has 0 aliphatic carbocycles. The molecule has 3 rings (SSSR count). The van der Waals surface area contributed by atoms with E-state index in [0.717, 1.165) is 28.5 Å². The molecular weight excluding hydrogens is 384 g/mol. The molecule has 0 amide bonds. The third kappa shape index (κ3) is 6.09. The van der Waals surface area contributed by atoms with Gasteiger partial charge >= 0.3 is 0 Å². The Hall–Kier alpha value is -1.41. The van der Waals surface area contributed by atoms with E-state index in [9.17, 15) is 8.42 Å². The molecule has 3 aromatic rings. The van der Waals surface area contributed by atoms with E-state index < -0.39 is 10.0 Å². The van der Waals surface area contributed by atoms with Crippen LogP contribution in [0.3, 0.4) is 0 Å². The quantitative estimate of drug-likeness (QED) is 0.402. The third-order valence-electron chi connectivity index (χ3n) is 3.86. The molecule has 0 aliphatic rings. The van der Waals surface area contributed by atoms with E-state index in [-0.39, 0.29) is 5.75 Å². The van der Waals surface area contributed by atoms with Gasteiger partial charge in [-0.15, -0.1) is 11.3 Å². The van der Waals surface area contributed by atoms with E-state index in [4.69, 9.17) is 0 Å². The molecule has 1 N–H and O–H groups in total. The van der Waals surface area contributed by atoms with Crippen molar-refractivity contribution in [3.8, 4) is 0 Å². The van der Waals surface area contributed by atoms with Crippen LogP contribution >= 0.6 is 23.1 Å². The zero-order valence-electron chi connectivity index (χ0n) is 14.4. The Morgan fingerprint density at radius 3 is 2.58 bits per heavy atom. The normalized spacial score (nSPS) is 11.8. The number of hydrogen-bond acceptors (Lipinski definition) is 5. The minimum Gasteiger partial charge on any atom is -0.230 e. The van der Waals surface area contributed by atoms with Crippen LogP contribution in [0.15, 0.2) is 58.9 Å². The van der Waals surface area contributed by atoms with E-state index in [1.807, 2.05) is 36.4 Å². The molecular formula is C19H22N2O2S3. The van der Waals surface area contributed by atoms with Crippen molar-refractivity contribution in [3.05, 3.63) is 60.2 Å². The largest absolute Gasteiger partial charge is 0.230 e. The highest BCUT2D eigenvalue weighted by molar-refractivity contribution is 8.01. The van der Waals surface area contributed by atoms with Gasteiger partial charge in [-0.1, -0.05) is 54.2 Å². The number of fused-ring (bicyclic) bond motifs is 1. The first-order chi connectivity index (χ1) is 12.6. The number of para-hydroxylation sites is 1. The molecule has 0 atom stereocenters. The summed E-state index contributed by atoms with van der Waals surface area (Å²) in [6.45, 7) is 0.488. The number of thioether (sulfide) groups is 1. The number of thiazole rings is 1. The van der Waals surface area contributed by atoms with Crippen molar-refractivity contribution >= 4 is 43.3 Å². The fraction of sp³-hybridized carbons (Fsp3) is 0.316. The van der Waals surface area contributed by atoms with Gasteiger partial charge in [0.2, 0.25) is 10.0 Å². The van der Waals surface area contributed by atoms with Gasteiger partial charge in [0.25, 0.3) is 0 Å². The maximum Gasteiger partial charge on any atom is 0.211 e. The van der Waals surface area contributed by atoms with E-state index in [2.05, 4.69) is 27.9 Å². The van der Waals surface area contributed by atoms with Gasteiger partial charge in [-0.25, -0.2) is 18.1 Å². The van der Waals surface area contributed by atoms with Crippen molar-refractivity contribution in [2.24, 2.45) is 0 Å². The van der Waals surface area contributed by atoms with Crippen molar-refractivity contribution in [3.63, 3.8) is 0 Å². The highest BCUT2D eigenvalue weighted by atomic mass is 32.2. The molecule has 0 aliphatic heterocycles. The average Bonchev–Trinajstić information content (AvgIpc) is 3.06. The molecule has 0 radical (unpaired) electrons. The first-order valence-electron chi connectivity index (χ1n) is 8.62. The summed E-state index contributed by atoms with van der Waals surface area (Å²) in [5.41, 5.74) is 2.24. The summed E-state index contributed by atoms with van der Waals surface area (Å²) < 4.78 is 29.0. The van der Waals surface area contributed by atoms with Crippen molar-refractivity contribution in [2.75, 3.05) is 18.1 Å². The molecule has 0 unspecified atom stereocenters. The smallest absolute Gasteiger partial charge is 0.211 e. The molecule has 0 saturated heterocycles. The van der Waals surface area contributed by atoms with Crippen molar-refractivity contribution in [1.29, 1.82) is 0 Å². The predicted octanol–water partition coefficient (Wildman–Crippen LogP) is 4.33. The molecule has 0 fully saturated rings. The molecule has 1 heterocycles. The van der Waals surface area contributed by atoms with Gasteiger partial charge in [0.15, 0.2) is 4.34 Å². The van der Waals surface area contributed by atoms with E-state index in [1.165, 1.54) is 10.3 Å². The number of aromatic nitrogens is 1. The summed E-state index contributed by atoms with van der Waals surface area (Å²) >= 11 is 3.28. The number of hydrogen-bond donors (Lipinski definition) is 1. The maximum atomic E-state index is 12.1. The van der Waals surface area contributed by atoms with Crippen LogP contribution in [0.25, 0.3) is 10.2 Å². The number of sulfonamides is 1. The average molecular weight is 407 g/mol. The SMILES string of the molecule is O=S(=O)(CCCSc1nc2ccccc2s1)NCCCc1ccccc1. The predicted molar refractivity (Wildman–Crippen MR) is 112 cm³/mol. The number of nitrogens with one attached hydrogen (secondary N) is 1. The van der Waals surface area contributed by atoms with Gasteiger partial charge < -0.3 is 0 Å². The van der Waals surface area contributed by atoms with Crippen molar-refractivity contribution in [1.82, 2.24) is 9.71 Å². The Kier molecular flexibility index (Phi) is 7.07. The van der Waals surface area contributed by atoms with E-state index in [0.29, 0.717) is 13.0 Å². The highest BCUT2D eigenvalue weighted by Crippen LogP contribution is 2.29. The van der Waals surface area contributed by atoms with Gasteiger partial charge in [-0.2, -0.15) is 0 Å². The van der Waals surface area contributed by atoms with Crippen LogP contribution in [0, 0.1) is 0 Å². The lowest BCUT2D eigenvalue weighted by Crippen LogP contribution is -2.27. The Balaban J connectivity index is 1.34. The van der Waals surface area contributed by atoms with E-state index >= 15 is 0 Å². The fourth-order valence-corrected chi connectivity index (χ4v) is 5.94. The summed E-state index contributed by atoms with van der Waals surface area (Å²) in [6.07, 6.45) is 2.31. The molecule has 4 nitrogen and oxygen atoms in total. The lowest BCUT2D eigenvalue weighted by Gasteiger charge is -2.06. The van der Waals surface area contributed by atoms with Gasteiger partial charge in [-0.05, 0) is 37.0 Å². The lowest BCUT2D eigenvalue weighted by atomic mass is 10.1. The molecule has 2 aromatic carbocycles. The van der Waals surface area contributed by atoms with Crippen molar-refractivity contribution in [2.45, 2.75) is 23.6 Å². The molecule has 0 bridgehead atoms. The number of benzene rings is 2. The molecule has 26 heavy (non-hydrogen) atoms. The van der Waals surface area contributed by atoms with Gasteiger partial charge in [0.05, 0.1) is 16.0 Å². The second-order valence-corrected chi connectivity index (χ2v) is 10.3. The molecule has 7 heteroatoms. The third-order valence-corrected chi connectivity index (χ3v) is 7.60. The fourth-order valence-electron chi connectivity index (χ4n) is 2.56. The number of aryl methyl sites for hydroxylation is 1. The zero-order valence-corrected chi connectivity index (χ0v) is 16.9. The Morgan fingerprint density at radius 1 is 1.00 bits per heavy atom. The maximum absolute atomic E-state index is 12.1. The second kappa shape index (κ2) is 9.50. The van der Waals surface area contributed by atoms with E-state index in [1.54, 1.807) is 23.1 Å². The first-order valence-corrected chi connectivity index (χ1v) is 12.1. The minimum absolute atomic E-state index is 0.163. The summed E-state index contributed by atoms with van der Waals surface area (Å²) in [4.78, 5) is 4.55. The van der Waals surface area contributed by atoms with Crippen LogP contribution in [0.2, 0.25) is 0 Å². The standard InChI is InChI=1S/C19H22N2O2S3/c22-26(23,20-13-6-10-16-8-2-1-3-9-16)15-7-14-24-19-21-17-11-4-5-12-18(17)25-19/h1-5,8-9,11-12,20H,6-7,10,13-15H2. The molecule has 0 saturated carbocycles. The lowest BCUT2D eigenvalue weighted by molar-refractivity contribution is 0.578. The summed E-state index contributed by atoms with van der Waals surface area (Å²) in [5.74, 6) is 0.918. The Bertz CT molecular complexity index is 891. The Morgan fingerprint density at radius 2 is 1.77 bits per heavy atom. The summed E-state index contributed by atoms with van der Waals surface area (Å²) in [7, 11) is -3.20. The highest BCUT2D eigenvalue weighted by Gasteiger charge is 2.10. The van der Waals surface area contributed by atoms with Crippen LogP contribution in [0.5, 0.6) is 0 Å². The minimum atomic E-state index is -3.20. The summed E-state index contributed by atoms with van der Waals surface area (Å²) in [5, 5.41) is 0. The van der Waals surface area contributed by atoms with Crippen LogP contribution < -0.4 is 4.72 Å². The summed E-state index contributed by atoms with van der Waals surface area (Å²) in [6, 6.07) is 18.2. The molecule has 0 spiro atoms. The Labute approximate surface area is 163 Å². The molecule has 138 valence electrons. The van der Waals surface area contributed by atoms with Crippen LogP contribution in [-0.4, -0.2) is 31.5 Å². The second-order valence-electron chi connectivity index (χ2n) is 5.95. The van der Waals surface area contributed by atoms with Gasteiger partial charge in [-0.3, -0.25) is 0 Å². The van der Waals surface area contributed by atoms with Crippen LogP contribution in [-0.2, 0) is 16.4 Å². The van der Waals surface area contributed by atoms with Gasteiger partial charge in [0, 0.05) is 12.3 Å². The topological polar surface area (TPSA) is 59.1 Å². The monoisotopic (exact) mass is 406 g/mol. The number of rotatable bonds is 10. The van der Waals surface area contributed by atoms with Gasteiger partial charge in [0.1, 0.15) is 0 Å². The van der Waals surface area contributed by atoms with Crippen LogP contribution in [0.4, 0.5) is 0 Å². The number of nitrogens with zero attached hydrogens (tertiary/aromatic N) is 1.